The zero-order valence-electron chi connectivity index (χ0n) is 15.8. The van der Waals surface area contributed by atoms with E-state index in [0.29, 0.717) is 11.5 Å². The van der Waals surface area contributed by atoms with Crippen molar-refractivity contribution in [3.63, 3.8) is 0 Å². The van der Waals surface area contributed by atoms with Crippen molar-refractivity contribution in [1.82, 2.24) is 5.32 Å². The highest BCUT2D eigenvalue weighted by Crippen LogP contribution is 2.66. The first-order valence-electron chi connectivity index (χ1n) is 10.4. The second-order valence-electron chi connectivity index (χ2n) is 9.96. The molecule has 0 aromatic carbocycles. The third-order valence-electron chi connectivity index (χ3n) is 9.09. The smallest absolute Gasteiger partial charge is 0.235 e. The van der Waals surface area contributed by atoms with Gasteiger partial charge < -0.3 is 10.4 Å². The van der Waals surface area contributed by atoms with Crippen molar-refractivity contribution >= 4 is 17.5 Å². The average molecular weight is 368 g/mol. The number of rotatable bonds is 2. The van der Waals surface area contributed by atoms with Gasteiger partial charge in [0.25, 0.3) is 0 Å². The van der Waals surface area contributed by atoms with Crippen LogP contribution in [0.5, 0.6) is 0 Å². The lowest BCUT2D eigenvalue weighted by Crippen LogP contribution is -2.56. The minimum Gasteiger partial charge on any atom is -0.393 e. The summed E-state index contributed by atoms with van der Waals surface area (Å²) in [7, 11) is 0. The maximum atomic E-state index is 11.9. The molecular formula is C21H34ClNO2. The van der Waals surface area contributed by atoms with Crippen LogP contribution in [0.1, 0.15) is 71.6 Å². The van der Waals surface area contributed by atoms with Crippen LogP contribution in [-0.4, -0.2) is 29.0 Å². The lowest BCUT2D eigenvalue weighted by atomic mass is 9.45. The number of hydrogen-bond acceptors (Lipinski definition) is 2. The van der Waals surface area contributed by atoms with Crippen molar-refractivity contribution in [2.45, 2.75) is 83.8 Å². The second-order valence-corrected chi connectivity index (χ2v) is 10.2. The standard InChI is InChI=1S/C21H34ClNO2/c1-20-9-7-14(24)11-13(20)3-4-15-16-5-6-18(23-19(25)12-22)21(16,2)10-8-17(15)20/h13-18,24H,3-12H2,1-2H3,(H,23,25)/t13-,14?,15?,16?,17?,18+,20-,21-/m0/s1. The molecule has 0 saturated heterocycles. The Morgan fingerprint density at radius 3 is 2.52 bits per heavy atom. The Morgan fingerprint density at radius 2 is 1.76 bits per heavy atom. The molecule has 8 atom stereocenters. The van der Waals surface area contributed by atoms with Crippen LogP contribution in [0.4, 0.5) is 0 Å². The van der Waals surface area contributed by atoms with Crippen molar-refractivity contribution in [3.8, 4) is 0 Å². The topological polar surface area (TPSA) is 49.3 Å². The Morgan fingerprint density at radius 1 is 1.04 bits per heavy atom. The molecule has 4 aliphatic carbocycles. The molecule has 0 aliphatic heterocycles. The van der Waals surface area contributed by atoms with Gasteiger partial charge in [0.1, 0.15) is 5.88 Å². The van der Waals surface area contributed by atoms with Crippen LogP contribution in [-0.2, 0) is 4.79 Å². The molecule has 142 valence electrons. The number of nitrogens with one attached hydrogen (secondary N) is 1. The Hall–Kier alpha value is -0.280. The number of alkyl halides is 1. The van der Waals surface area contributed by atoms with Gasteiger partial charge in [-0.25, -0.2) is 0 Å². The number of carbonyl (C=O) groups excluding carboxylic acids is 1. The molecule has 0 aromatic heterocycles. The number of aliphatic hydroxyl groups is 1. The molecular weight excluding hydrogens is 334 g/mol. The van der Waals surface area contributed by atoms with Crippen LogP contribution >= 0.6 is 11.6 Å². The number of carbonyl (C=O) groups is 1. The molecule has 0 aromatic rings. The molecule has 0 bridgehead atoms. The van der Waals surface area contributed by atoms with Crippen LogP contribution in [0, 0.1) is 34.5 Å². The Kier molecular flexibility index (Phi) is 4.64. The summed E-state index contributed by atoms with van der Waals surface area (Å²) in [6.45, 7) is 4.96. The highest BCUT2D eigenvalue weighted by molar-refractivity contribution is 6.27. The first kappa shape index (κ1) is 18.1. The van der Waals surface area contributed by atoms with Crippen LogP contribution in [0.3, 0.4) is 0 Å². The van der Waals surface area contributed by atoms with Crippen molar-refractivity contribution in [3.05, 3.63) is 0 Å². The normalized spacial score (nSPS) is 52.0. The van der Waals surface area contributed by atoms with Crippen LogP contribution in [0.15, 0.2) is 0 Å². The van der Waals surface area contributed by atoms with Crippen molar-refractivity contribution < 1.29 is 9.90 Å². The summed E-state index contributed by atoms with van der Waals surface area (Å²) >= 11 is 5.74. The molecule has 25 heavy (non-hydrogen) atoms. The van der Waals surface area contributed by atoms with Gasteiger partial charge in [-0.05, 0) is 92.3 Å². The number of halogens is 1. The van der Waals surface area contributed by atoms with Gasteiger partial charge in [0.05, 0.1) is 6.10 Å². The summed E-state index contributed by atoms with van der Waals surface area (Å²) < 4.78 is 0. The summed E-state index contributed by atoms with van der Waals surface area (Å²) in [4.78, 5) is 11.9. The molecule has 4 saturated carbocycles. The van der Waals surface area contributed by atoms with Gasteiger partial charge in [-0.1, -0.05) is 13.8 Å². The molecule has 0 heterocycles. The number of fused-ring (bicyclic) bond motifs is 5. The average Bonchev–Trinajstić information content (AvgIpc) is 2.92. The molecule has 4 rings (SSSR count). The largest absolute Gasteiger partial charge is 0.393 e. The molecule has 2 N–H and O–H groups in total. The fourth-order valence-electron chi connectivity index (χ4n) is 7.71. The predicted molar refractivity (Wildman–Crippen MR) is 100 cm³/mol. The molecule has 4 aliphatic rings. The lowest BCUT2D eigenvalue weighted by molar-refractivity contribution is -0.128. The van der Waals surface area contributed by atoms with E-state index in [2.05, 4.69) is 19.2 Å². The fraction of sp³-hybridized carbons (Fsp3) is 0.952. The molecule has 4 fully saturated rings. The first-order valence-corrected chi connectivity index (χ1v) is 11.0. The van der Waals surface area contributed by atoms with E-state index in [1.165, 1.54) is 38.5 Å². The van der Waals surface area contributed by atoms with E-state index in [1.807, 2.05) is 0 Å². The van der Waals surface area contributed by atoms with Crippen molar-refractivity contribution in [2.24, 2.45) is 34.5 Å². The monoisotopic (exact) mass is 367 g/mol. The van der Waals surface area contributed by atoms with E-state index in [4.69, 9.17) is 11.6 Å². The van der Waals surface area contributed by atoms with E-state index >= 15 is 0 Å². The minimum atomic E-state index is -0.0647. The minimum absolute atomic E-state index is 0.00685. The summed E-state index contributed by atoms with van der Waals surface area (Å²) in [5.41, 5.74) is 0.682. The third kappa shape index (κ3) is 2.76. The Bertz CT molecular complexity index is 540. The summed E-state index contributed by atoms with van der Waals surface area (Å²) in [6.07, 6.45) is 10.7. The van der Waals surface area contributed by atoms with E-state index < -0.39 is 0 Å². The molecule has 1 amide bonds. The zero-order chi connectivity index (χ0) is 17.8. The highest BCUT2D eigenvalue weighted by Gasteiger charge is 2.60. The maximum absolute atomic E-state index is 11.9. The highest BCUT2D eigenvalue weighted by atomic mass is 35.5. The number of amides is 1. The van der Waals surface area contributed by atoms with Gasteiger partial charge in [0.15, 0.2) is 0 Å². The van der Waals surface area contributed by atoms with Crippen molar-refractivity contribution in [2.75, 3.05) is 5.88 Å². The van der Waals surface area contributed by atoms with E-state index in [9.17, 15) is 9.90 Å². The van der Waals surface area contributed by atoms with E-state index in [1.54, 1.807) is 0 Å². The van der Waals surface area contributed by atoms with Gasteiger partial charge in [-0.2, -0.15) is 0 Å². The van der Waals surface area contributed by atoms with Gasteiger partial charge in [0.2, 0.25) is 5.91 Å². The van der Waals surface area contributed by atoms with Crippen LogP contribution in [0.25, 0.3) is 0 Å². The van der Waals surface area contributed by atoms with Gasteiger partial charge in [-0.3, -0.25) is 4.79 Å². The van der Waals surface area contributed by atoms with Gasteiger partial charge in [-0.15, -0.1) is 11.6 Å². The fourth-order valence-corrected chi connectivity index (χ4v) is 7.78. The molecule has 4 unspecified atom stereocenters. The molecule has 3 nitrogen and oxygen atoms in total. The summed E-state index contributed by atoms with van der Waals surface area (Å²) in [5.74, 6) is 3.16. The maximum Gasteiger partial charge on any atom is 0.235 e. The zero-order valence-corrected chi connectivity index (χ0v) is 16.5. The molecule has 0 radical (unpaired) electrons. The second kappa shape index (κ2) is 6.41. The van der Waals surface area contributed by atoms with Crippen LogP contribution < -0.4 is 5.32 Å². The SMILES string of the molecule is C[C@]12CCC3C(CC[C@H]4CC(O)CC[C@]34C)C1CC[C@H]2NC(=O)CCl. The van der Waals surface area contributed by atoms with E-state index in [0.717, 1.165) is 42.9 Å². The Labute approximate surface area is 157 Å². The van der Waals surface area contributed by atoms with Crippen molar-refractivity contribution in [1.29, 1.82) is 0 Å². The van der Waals surface area contributed by atoms with Crippen LogP contribution in [0.2, 0.25) is 0 Å². The van der Waals surface area contributed by atoms with Gasteiger partial charge >= 0.3 is 0 Å². The lowest BCUT2D eigenvalue weighted by Gasteiger charge is -2.60. The quantitative estimate of drug-likeness (QED) is 0.721. The first-order chi connectivity index (χ1) is 11.9. The molecule has 4 heteroatoms. The summed E-state index contributed by atoms with van der Waals surface area (Å²) in [5, 5.41) is 13.4. The molecule has 0 spiro atoms. The predicted octanol–water partition coefficient (Wildman–Crippen LogP) is 4.11. The summed E-state index contributed by atoms with van der Waals surface area (Å²) in [6, 6.07) is 0.309. The van der Waals surface area contributed by atoms with E-state index in [-0.39, 0.29) is 23.3 Å². The Balaban J connectivity index is 1.55. The van der Waals surface area contributed by atoms with Gasteiger partial charge in [0, 0.05) is 6.04 Å². The number of aliphatic hydroxyl groups excluding tert-OH is 1. The third-order valence-corrected chi connectivity index (χ3v) is 9.34. The number of hydrogen-bond donors (Lipinski definition) is 2.